The van der Waals surface area contributed by atoms with Crippen molar-refractivity contribution in [2.45, 2.75) is 31.2 Å². The lowest BCUT2D eigenvalue weighted by atomic mass is 9.95. The van der Waals surface area contributed by atoms with E-state index < -0.39 is 11.9 Å². The topological polar surface area (TPSA) is 66.4 Å². The zero-order valence-corrected chi connectivity index (χ0v) is 10.5. The van der Waals surface area contributed by atoms with Gasteiger partial charge in [-0.25, -0.2) is 0 Å². The molecule has 1 aromatic rings. The van der Waals surface area contributed by atoms with E-state index in [9.17, 15) is 14.7 Å². The van der Waals surface area contributed by atoms with Crippen LogP contribution in [-0.2, 0) is 9.59 Å². The molecule has 1 aliphatic carbocycles. The minimum atomic E-state index is -1.03. The van der Waals surface area contributed by atoms with Crippen molar-refractivity contribution in [3.8, 4) is 0 Å². The molecule has 1 atom stereocenters. The van der Waals surface area contributed by atoms with Crippen molar-refractivity contribution in [2.24, 2.45) is 0 Å². The van der Waals surface area contributed by atoms with Crippen molar-refractivity contribution in [3.05, 3.63) is 34.9 Å². The molecule has 1 fully saturated rings. The van der Waals surface area contributed by atoms with Gasteiger partial charge in [-0.1, -0.05) is 29.8 Å². The Bertz CT molecular complexity index is 471. The van der Waals surface area contributed by atoms with Crippen molar-refractivity contribution in [3.63, 3.8) is 0 Å². The molecule has 2 N–H and O–H groups in total. The molecule has 96 valence electrons. The fourth-order valence-electron chi connectivity index (χ4n) is 1.79. The zero-order chi connectivity index (χ0) is 13.1. The molecule has 1 aliphatic rings. The van der Waals surface area contributed by atoms with Crippen molar-refractivity contribution >= 4 is 23.5 Å². The number of rotatable bonds is 5. The van der Waals surface area contributed by atoms with Crippen LogP contribution in [-0.4, -0.2) is 23.0 Å². The van der Waals surface area contributed by atoms with Crippen LogP contribution in [0, 0.1) is 0 Å². The molecular weight excluding hydrogens is 254 g/mol. The predicted octanol–water partition coefficient (Wildman–Crippen LogP) is 2.18. The Morgan fingerprint density at radius 2 is 2.06 bits per heavy atom. The highest BCUT2D eigenvalue weighted by atomic mass is 35.5. The molecule has 1 saturated carbocycles. The summed E-state index contributed by atoms with van der Waals surface area (Å²) in [5.41, 5.74) is 0.484. The molecule has 1 amide bonds. The second kappa shape index (κ2) is 5.40. The van der Waals surface area contributed by atoms with E-state index in [2.05, 4.69) is 5.32 Å². The van der Waals surface area contributed by atoms with Crippen molar-refractivity contribution in [1.82, 2.24) is 5.32 Å². The summed E-state index contributed by atoms with van der Waals surface area (Å²) in [5, 5.41) is 12.4. The Morgan fingerprint density at radius 1 is 1.39 bits per heavy atom. The van der Waals surface area contributed by atoms with E-state index in [1.807, 2.05) is 0 Å². The zero-order valence-electron chi connectivity index (χ0n) is 9.73. The second-order valence-corrected chi connectivity index (χ2v) is 4.87. The number of aliphatic carboxylic acids is 1. The summed E-state index contributed by atoms with van der Waals surface area (Å²) < 4.78 is 0. The molecule has 1 aromatic carbocycles. The van der Waals surface area contributed by atoms with E-state index in [0.717, 1.165) is 12.8 Å². The van der Waals surface area contributed by atoms with Gasteiger partial charge in [0.2, 0.25) is 5.91 Å². The van der Waals surface area contributed by atoms with Crippen LogP contribution in [0.15, 0.2) is 24.3 Å². The molecule has 0 radical (unpaired) electrons. The molecule has 0 saturated heterocycles. The van der Waals surface area contributed by atoms with Crippen LogP contribution < -0.4 is 5.32 Å². The molecular formula is C13H14ClNO3. The van der Waals surface area contributed by atoms with Crippen LogP contribution in [0.25, 0.3) is 0 Å². The van der Waals surface area contributed by atoms with Gasteiger partial charge < -0.3 is 10.4 Å². The molecule has 0 spiro atoms. The number of hydrogen-bond acceptors (Lipinski definition) is 2. The highest BCUT2D eigenvalue weighted by molar-refractivity contribution is 6.31. The van der Waals surface area contributed by atoms with Gasteiger partial charge in [-0.15, -0.1) is 0 Å². The third-order valence-electron chi connectivity index (χ3n) is 2.91. The van der Waals surface area contributed by atoms with E-state index in [4.69, 9.17) is 11.6 Å². The van der Waals surface area contributed by atoms with E-state index in [0.29, 0.717) is 10.6 Å². The van der Waals surface area contributed by atoms with Crippen LogP contribution >= 0.6 is 11.6 Å². The summed E-state index contributed by atoms with van der Waals surface area (Å²) >= 11 is 5.97. The number of carbonyl (C=O) groups excluding carboxylic acids is 1. The van der Waals surface area contributed by atoms with Crippen molar-refractivity contribution in [2.75, 3.05) is 0 Å². The summed E-state index contributed by atoms with van der Waals surface area (Å²) in [5.74, 6) is -2.16. The summed E-state index contributed by atoms with van der Waals surface area (Å²) in [6.07, 6.45) is 1.89. The van der Waals surface area contributed by atoms with Gasteiger partial charge >= 0.3 is 5.97 Å². The lowest BCUT2D eigenvalue weighted by Crippen LogP contribution is -2.29. The summed E-state index contributed by atoms with van der Waals surface area (Å²) in [7, 11) is 0. The standard InChI is InChI=1S/C13H14ClNO3/c14-11-4-2-1-3-9(11)10(13(17)18)7-12(16)15-8-5-6-8/h1-4,8,10H,5-7H2,(H,15,16)(H,17,18). The van der Waals surface area contributed by atoms with E-state index in [1.54, 1.807) is 24.3 Å². The molecule has 0 aliphatic heterocycles. The minimum Gasteiger partial charge on any atom is -0.481 e. The average Bonchev–Trinajstić information content (AvgIpc) is 3.10. The molecule has 18 heavy (non-hydrogen) atoms. The molecule has 0 bridgehead atoms. The van der Waals surface area contributed by atoms with E-state index in [1.165, 1.54) is 0 Å². The monoisotopic (exact) mass is 267 g/mol. The van der Waals surface area contributed by atoms with Gasteiger partial charge in [-0.05, 0) is 24.5 Å². The quantitative estimate of drug-likeness (QED) is 0.859. The van der Waals surface area contributed by atoms with Crippen LogP contribution in [0.5, 0.6) is 0 Å². The molecule has 1 unspecified atom stereocenters. The van der Waals surface area contributed by atoms with Crippen LogP contribution in [0.3, 0.4) is 0 Å². The second-order valence-electron chi connectivity index (χ2n) is 4.46. The number of carboxylic acids is 1. The smallest absolute Gasteiger partial charge is 0.311 e. The summed E-state index contributed by atoms with van der Waals surface area (Å²) in [6, 6.07) is 6.96. The van der Waals surface area contributed by atoms with Gasteiger partial charge in [-0.3, -0.25) is 9.59 Å². The largest absolute Gasteiger partial charge is 0.481 e. The van der Waals surface area contributed by atoms with Gasteiger partial charge in [-0.2, -0.15) is 0 Å². The van der Waals surface area contributed by atoms with Crippen molar-refractivity contribution < 1.29 is 14.7 Å². The van der Waals surface area contributed by atoms with Gasteiger partial charge in [0.1, 0.15) is 0 Å². The molecule has 4 nitrogen and oxygen atoms in total. The fraction of sp³-hybridized carbons (Fsp3) is 0.385. The first-order chi connectivity index (χ1) is 8.58. The number of carboxylic acid groups (broad SMARTS) is 1. The Labute approximate surface area is 110 Å². The molecule has 2 rings (SSSR count). The fourth-order valence-corrected chi connectivity index (χ4v) is 2.06. The maximum absolute atomic E-state index is 11.7. The highest BCUT2D eigenvalue weighted by Crippen LogP contribution is 2.28. The van der Waals surface area contributed by atoms with Crippen LogP contribution in [0.4, 0.5) is 0 Å². The van der Waals surface area contributed by atoms with E-state index in [-0.39, 0.29) is 18.4 Å². The van der Waals surface area contributed by atoms with Crippen LogP contribution in [0.1, 0.15) is 30.7 Å². The first kappa shape index (κ1) is 12.9. The molecule has 0 aromatic heterocycles. The van der Waals surface area contributed by atoms with Gasteiger partial charge in [0.15, 0.2) is 0 Å². The van der Waals surface area contributed by atoms with Crippen LogP contribution in [0.2, 0.25) is 5.02 Å². The molecule has 5 heteroatoms. The number of hydrogen-bond donors (Lipinski definition) is 2. The highest BCUT2D eigenvalue weighted by Gasteiger charge is 2.28. The summed E-state index contributed by atoms with van der Waals surface area (Å²) in [4.78, 5) is 22.9. The third-order valence-corrected chi connectivity index (χ3v) is 3.25. The minimum absolute atomic E-state index is 0.0738. The maximum atomic E-state index is 11.7. The number of benzene rings is 1. The number of halogens is 1. The van der Waals surface area contributed by atoms with Gasteiger partial charge in [0.05, 0.1) is 5.92 Å². The van der Waals surface area contributed by atoms with Gasteiger partial charge in [0, 0.05) is 17.5 Å². The average molecular weight is 268 g/mol. The SMILES string of the molecule is O=C(CC(C(=O)O)c1ccccc1Cl)NC1CC1. The van der Waals surface area contributed by atoms with Crippen molar-refractivity contribution in [1.29, 1.82) is 0 Å². The Balaban J connectivity index is 2.10. The summed E-state index contributed by atoms with van der Waals surface area (Å²) in [6.45, 7) is 0. The first-order valence-corrected chi connectivity index (χ1v) is 6.22. The Morgan fingerprint density at radius 3 is 2.61 bits per heavy atom. The normalized spacial score (nSPS) is 16.1. The lowest BCUT2D eigenvalue weighted by molar-refractivity contribution is -0.140. The third kappa shape index (κ3) is 3.23. The van der Waals surface area contributed by atoms with Gasteiger partial charge in [0.25, 0.3) is 0 Å². The maximum Gasteiger partial charge on any atom is 0.311 e. The Hall–Kier alpha value is -1.55. The number of amides is 1. The Kier molecular flexibility index (Phi) is 3.87. The number of carbonyl (C=O) groups is 2. The first-order valence-electron chi connectivity index (χ1n) is 5.84. The molecule has 0 heterocycles. The predicted molar refractivity (Wildman–Crippen MR) is 67.6 cm³/mol. The lowest BCUT2D eigenvalue weighted by Gasteiger charge is -2.14. The van der Waals surface area contributed by atoms with E-state index >= 15 is 0 Å². The number of nitrogens with one attached hydrogen (secondary N) is 1.